The average molecular weight is 931 g/mol. The van der Waals surface area contributed by atoms with Crippen molar-refractivity contribution in [2.75, 3.05) is 34.5 Å². The second-order valence-corrected chi connectivity index (χ2v) is 17.4. The van der Waals surface area contributed by atoms with Crippen LogP contribution in [0.1, 0.15) is 50.1 Å². The number of rotatable bonds is 23. The predicted octanol–water partition coefficient (Wildman–Crippen LogP) is 10.7. The zero-order chi connectivity index (χ0) is 47.9. The van der Waals surface area contributed by atoms with E-state index in [2.05, 4.69) is 19.1 Å². The highest BCUT2D eigenvalue weighted by Gasteiger charge is 2.64. The second-order valence-electron chi connectivity index (χ2n) is 17.4. The van der Waals surface area contributed by atoms with E-state index in [1.807, 2.05) is 170 Å². The molecule has 0 aromatic heterocycles. The summed E-state index contributed by atoms with van der Waals surface area (Å²) in [5, 5.41) is 13.9. The van der Waals surface area contributed by atoms with Gasteiger partial charge in [0, 0.05) is 5.56 Å². The molecule has 2 unspecified atom stereocenters. The third-order valence-electron chi connectivity index (χ3n) is 12.6. The molecular weight excluding hydrogens is 869 g/mol. The third-order valence-corrected chi connectivity index (χ3v) is 12.6. The molecule has 1 aliphatic heterocycles. The molecule has 0 saturated carbocycles. The molecule has 8 rings (SSSR count). The van der Waals surface area contributed by atoms with Gasteiger partial charge in [-0.25, -0.2) is 0 Å². The summed E-state index contributed by atoms with van der Waals surface area (Å²) in [6.45, 7) is 2.90. The van der Waals surface area contributed by atoms with Gasteiger partial charge in [0.1, 0.15) is 41.2 Å². The van der Waals surface area contributed by atoms with Crippen LogP contribution in [0.4, 0.5) is 0 Å². The minimum Gasteiger partial charge on any atom is -0.497 e. The molecule has 10 nitrogen and oxygen atoms in total. The quantitative estimate of drug-likeness (QED) is 0.0667. The van der Waals surface area contributed by atoms with Crippen LogP contribution < -0.4 is 14.2 Å². The van der Waals surface area contributed by atoms with E-state index in [0.717, 1.165) is 61.8 Å². The smallest absolute Gasteiger partial charge is 0.223 e. The van der Waals surface area contributed by atoms with Gasteiger partial charge in [-0.05, 0) is 100 Å². The molecule has 1 N–H and O–H groups in total. The Labute approximate surface area is 406 Å². The number of methoxy groups -OCH3 is 3. The molecule has 1 fully saturated rings. The molecule has 1 aliphatic rings. The Morgan fingerprint density at radius 3 is 1.30 bits per heavy atom. The van der Waals surface area contributed by atoms with Crippen molar-refractivity contribution in [3.05, 3.63) is 232 Å². The van der Waals surface area contributed by atoms with Crippen molar-refractivity contribution in [3.63, 3.8) is 0 Å². The molecule has 69 heavy (non-hydrogen) atoms. The summed E-state index contributed by atoms with van der Waals surface area (Å²) >= 11 is 0. The fourth-order valence-corrected chi connectivity index (χ4v) is 8.69. The van der Waals surface area contributed by atoms with E-state index in [0.29, 0.717) is 12.0 Å². The monoisotopic (exact) mass is 930 g/mol. The SMILES string of the molecule is COc1ccc(COCC2(COCc3ccc(OC)cc3)OC(O)(c3ccc(C)c(Cc4ccc(OC)cc4)c3)C(OCc3ccccc3)[C@@H](OCc3ccccc3)[C@@H]2OCc2ccccc2)cc1. The van der Waals surface area contributed by atoms with Crippen LogP contribution in [-0.2, 0) is 73.7 Å². The third kappa shape index (κ3) is 12.7. The molecule has 7 aromatic carbocycles. The first-order chi connectivity index (χ1) is 33.8. The van der Waals surface area contributed by atoms with E-state index in [4.69, 9.17) is 42.6 Å². The maximum Gasteiger partial charge on any atom is 0.223 e. The van der Waals surface area contributed by atoms with Gasteiger partial charge in [-0.3, -0.25) is 0 Å². The van der Waals surface area contributed by atoms with Crippen molar-refractivity contribution >= 4 is 0 Å². The van der Waals surface area contributed by atoms with Crippen LogP contribution in [0.2, 0.25) is 0 Å². The van der Waals surface area contributed by atoms with E-state index in [1.165, 1.54) is 0 Å². The van der Waals surface area contributed by atoms with Gasteiger partial charge in [0.05, 0.1) is 67.6 Å². The Kier molecular flexibility index (Phi) is 16.9. The molecule has 0 spiro atoms. The lowest BCUT2D eigenvalue weighted by Gasteiger charge is -2.56. The minimum atomic E-state index is -2.15. The first-order valence-corrected chi connectivity index (χ1v) is 23.3. The van der Waals surface area contributed by atoms with Crippen molar-refractivity contribution < 1.29 is 47.7 Å². The molecule has 10 heteroatoms. The predicted molar refractivity (Wildman–Crippen MR) is 265 cm³/mol. The fourth-order valence-electron chi connectivity index (χ4n) is 8.69. The molecule has 1 heterocycles. The summed E-state index contributed by atoms with van der Waals surface area (Å²) in [6.07, 6.45) is -2.45. The number of aliphatic hydroxyl groups is 1. The molecule has 7 aromatic rings. The first kappa shape index (κ1) is 49.1. The lowest BCUT2D eigenvalue weighted by atomic mass is 9.80. The van der Waals surface area contributed by atoms with Gasteiger partial charge in [0.25, 0.3) is 0 Å². The molecule has 1 saturated heterocycles. The number of ether oxygens (including phenoxy) is 9. The lowest BCUT2D eigenvalue weighted by Crippen LogP contribution is -2.72. The summed E-state index contributed by atoms with van der Waals surface area (Å²) in [7, 11) is 4.94. The first-order valence-electron chi connectivity index (χ1n) is 23.3. The molecular formula is C59H62O10. The normalized spacial score (nSPS) is 18.7. The Morgan fingerprint density at radius 2 is 0.855 bits per heavy atom. The van der Waals surface area contributed by atoms with Crippen molar-refractivity contribution in [1.29, 1.82) is 0 Å². The van der Waals surface area contributed by atoms with Crippen LogP contribution in [0.15, 0.2) is 182 Å². The summed E-state index contributed by atoms with van der Waals surface area (Å²) in [4.78, 5) is 0. The minimum absolute atomic E-state index is 0.0649. The highest BCUT2D eigenvalue weighted by atomic mass is 16.7. The summed E-state index contributed by atoms with van der Waals surface area (Å²) in [6, 6.07) is 59.2. The van der Waals surface area contributed by atoms with E-state index >= 15 is 0 Å². The summed E-state index contributed by atoms with van der Waals surface area (Å²) < 4.78 is 58.6. The number of benzene rings is 7. The maximum atomic E-state index is 13.9. The van der Waals surface area contributed by atoms with E-state index in [1.54, 1.807) is 21.3 Å². The van der Waals surface area contributed by atoms with Gasteiger partial charge < -0.3 is 47.7 Å². The molecule has 0 bridgehead atoms. The van der Waals surface area contributed by atoms with Crippen LogP contribution in [-0.4, -0.2) is 63.6 Å². The van der Waals surface area contributed by atoms with Gasteiger partial charge in [-0.1, -0.05) is 140 Å². The van der Waals surface area contributed by atoms with E-state index in [9.17, 15) is 5.11 Å². The van der Waals surface area contributed by atoms with Crippen molar-refractivity contribution in [1.82, 2.24) is 0 Å². The van der Waals surface area contributed by atoms with Gasteiger partial charge in [-0.15, -0.1) is 0 Å². The highest BCUT2D eigenvalue weighted by Crippen LogP contribution is 2.47. The zero-order valence-corrected chi connectivity index (χ0v) is 39.8. The topological polar surface area (TPSA) is 103 Å². The van der Waals surface area contributed by atoms with Crippen molar-refractivity contribution in [2.24, 2.45) is 0 Å². The second kappa shape index (κ2) is 23.8. The van der Waals surface area contributed by atoms with E-state index < -0.39 is 29.7 Å². The van der Waals surface area contributed by atoms with E-state index in [-0.39, 0.29) is 46.2 Å². The van der Waals surface area contributed by atoms with Crippen LogP contribution >= 0.6 is 0 Å². The summed E-state index contributed by atoms with van der Waals surface area (Å²) in [5.74, 6) is 0.0963. The Hall–Kier alpha value is -6.34. The van der Waals surface area contributed by atoms with Crippen LogP contribution in [0.3, 0.4) is 0 Å². The molecule has 0 radical (unpaired) electrons. The van der Waals surface area contributed by atoms with Crippen LogP contribution in [0.5, 0.6) is 17.2 Å². The van der Waals surface area contributed by atoms with Crippen molar-refractivity contribution in [2.45, 2.75) is 76.1 Å². The number of hydrogen-bond acceptors (Lipinski definition) is 10. The lowest BCUT2D eigenvalue weighted by molar-refractivity contribution is -0.414. The molecule has 4 atom stereocenters. The zero-order valence-electron chi connectivity index (χ0n) is 39.8. The number of aryl methyl sites for hydroxylation is 1. The molecule has 0 aliphatic carbocycles. The Morgan fingerprint density at radius 1 is 0.449 bits per heavy atom. The molecule has 0 amide bonds. The van der Waals surface area contributed by atoms with Crippen LogP contribution in [0, 0.1) is 6.92 Å². The highest BCUT2D eigenvalue weighted by molar-refractivity contribution is 5.40. The van der Waals surface area contributed by atoms with Crippen LogP contribution in [0.25, 0.3) is 0 Å². The maximum absolute atomic E-state index is 13.9. The average Bonchev–Trinajstić information content (AvgIpc) is 3.39. The number of hydrogen-bond donors (Lipinski definition) is 1. The Bertz CT molecular complexity index is 2560. The largest absolute Gasteiger partial charge is 0.497 e. The Balaban J connectivity index is 1.27. The van der Waals surface area contributed by atoms with Gasteiger partial charge in [-0.2, -0.15) is 0 Å². The summed E-state index contributed by atoms with van der Waals surface area (Å²) in [5.41, 5.74) is 6.72. The fraction of sp³-hybridized carbons (Fsp3) is 0.288. The van der Waals surface area contributed by atoms with Gasteiger partial charge >= 0.3 is 0 Å². The van der Waals surface area contributed by atoms with Crippen molar-refractivity contribution in [3.8, 4) is 17.2 Å². The van der Waals surface area contributed by atoms with Gasteiger partial charge in [0.2, 0.25) is 5.79 Å². The van der Waals surface area contributed by atoms with Gasteiger partial charge in [0.15, 0.2) is 0 Å². The molecule has 358 valence electrons. The standard InChI is InChI=1S/C59H62O10/c1-43-20-27-51(35-50(43)34-44-21-28-52(61-2)29-22-44)59(60)57(68-40-47-18-12-7-13-19-47)55(66-38-45-14-8-5-9-15-45)56(67-39-46-16-10-6-11-17-46)58(69-59,41-64-36-48-23-30-53(62-3)31-24-48)42-65-37-49-25-32-54(63-4)33-26-49/h5-33,35,55-57,60H,34,36-42H2,1-4H3/t55-,56-,57?,59?/m0/s1.